The Bertz CT molecular complexity index is 607. The third-order valence-electron chi connectivity index (χ3n) is 3.79. The highest BCUT2D eigenvalue weighted by Gasteiger charge is 2.27. The Hall–Kier alpha value is -1.40. The first-order valence-corrected chi connectivity index (χ1v) is 9.29. The third-order valence-corrected chi connectivity index (χ3v) is 5.33. The van der Waals surface area contributed by atoms with Crippen LogP contribution in [0.3, 0.4) is 0 Å². The molecule has 1 aliphatic carbocycles. The number of amides is 1. The highest BCUT2D eigenvalue weighted by Crippen LogP contribution is 2.22. The zero-order valence-corrected chi connectivity index (χ0v) is 13.9. The zero-order chi connectivity index (χ0) is 16.2. The van der Waals surface area contributed by atoms with Crippen LogP contribution in [0.4, 0.5) is 0 Å². The van der Waals surface area contributed by atoms with Crippen molar-refractivity contribution in [1.82, 2.24) is 10.0 Å². The number of carbonyl (C=O) groups is 1. The first kappa shape index (κ1) is 17.0. The van der Waals surface area contributed by atoms with Crippen LogP contribution in [-0.2, 0) is 21.2 Å². The van der Waals surface area contributed by atoms with E-state index in [4.69, 9.17) is 0 Å². The van der Waals surface area contributed by atoms with E-state index < -0.39 is 10.0 Å². The van der Waals surface area contributed by atoms with Crippen LogP contribution in [0.5, 0.6) is 0 Å². The van der Waals surface area contributed by atoms with Gasteiger partial charge in [0, 0.05) is 18.5 Å². The first-order chi connectivity index (χ1) is 10.4. The molecule has 6 heteroatoms. The summed E-state index contributed by atoms with van der Waals surface area (Å²) >= 11 is 0. The van der Waals surface area contributed by atoms with E-state index in [1.54, 1.807) is 24.3 Å². The van der Waals surface area contributed by atoms with Gasteiger partial charge in [-0.2, -0.15) is 0 Å². The minimum absolute atomic E-state index is 0.0291. The number of aryl methyl sites for hydroxylation is 1. The predicted molar refractivity (Wildman–Crippen MR) is 86.0 cm³/mol. The van der Waals surface area contributed by atoms with Gasteiger partial charge in [-0.1, -0.05) is 19.1 Å². The summed E-state index contributed by atoms with van der Waals surface area (Å²) in [5.41, 5.74) is 0.963. The summed E-state index contributed by atoms with van der Waals surface area (Å²) in [5.74, 6) is 0.0291. The van der Waals surface area contributed by atoms with Gasteiger partial charge in [-0.15, -0.1) is 0 Å². The number of sulfonamides is 1. The maximum absolute atomic E-state index is 12.0. The molecule has 5 nitrogen and oxygen atoms in total. The number of rotatable bonds is 8. The molecule has 0 unspecified atom stereocenters. The summed E-state index contributed by atoms with van der Waals surface area (Å²) in [6.45, 7) is 4.00. The van der Waals surface area contributed by atoms with Crippen molar-refractivity contribution in [2.45, 2.75) is 62.9 Å². The monoisotopic (exact) mass is 324 g/mol. The summed E-state index contributed by atoms with van der Waals surface area (Å²) in [4.78, 5) is 12.0. The van der Waals surface area contributed by atoms with Crippen molar-refractivity contribution < 1.29 is 13.2 Å². The fourth-order valence-corrected chi connectivity index (χ4v) is 3.34. The van der Waals surface area contributed by atoms with E-state index in [1.807, 2.05) is 13.8 Å². The van der Waals surface area contributed by atoms with Crippen molar-refractivity contribution in [1.29, 1.82) is 0 Å². The molecule has 0 aliphatic heterocycles. The molecular weight excluding hydrogens is 300 g/mol. The van der Waals surface area contributed by atoms with Crippen molar-refractivity contribution in [3.63, 3.8) is 0 Å². The molecule has 0 bridgehead atoms. The highest BCUT2D eigenvalue weighted by molar-refractivity contribution is 7.89. The topological polar surface area (TPSA) is 75.3 Å². The Morgan fingerprint density at radius 3 is 2.45 bits per heavy atom. The predicted octanol–water partition coefficient (Wildman–Crippen LogP) is 1.97. The Kier molecular flexibility index (Phi) is 5.58. The van der Waals surface area contributed by atoms with E-state index >= 15 is 0 Å². The molecule has 122 valence electrons. The standard InChI is InChI=1S/C16H24N2O3S/c1-3-12(2)17-16(19)11-6-13-4-9-15(10-5-13)22(20,21)18-14-7-8-14/h4-5,9-10,12,14,18H,3,6-8,11H2,1-2H3,(H,17,19)/t12-/m0/s1. The lowest BCUT2D eigenvalue weighted by Gasteiger charge is -2.11. The normalized spacial score (nSPS) is 16.3. The summed E-state index contributed by atoms with van der Waals surface area (Å²) in [6.07, 6.45) is 3.77. The molecule has 0 heterocycles. The van der Waals surface area contributed by atoms with Crippen LogP contribution in [-0.4, -0.2) is 26.4 Å². The molecule has 0 aromatic heterocycles. The lowest BCUT2D eigenvalue weighted by Crippen LogP contribution is -2.32. The van der Waals surface area contributed by atoms with Gasteiger partial charge in [0.2, 0.25) is 15.9 Å². The molecule has 0 spiro atoms. The largest absolute Gasteiger partial charge is 0.354 e. The van der Waals surface area contributed by atoms with Gasteiger partial charge in [0.15, 0.2) is 0 Å². The van der Waals surface area contributed by atoms with Crippen molar-refractivity contribution >= 4 is 15.9 Å². The Morgan fingerprint density at radius 2 is 1.91 bits per heavy atom. The summed E-state index contributed by atoms with van der Waals surface area (Å²) in [6, 6.07) is 7.05. The average Bonchev–Trinajstić information content (AvgIpc) is 3.28. The molecule has 1 atom stereocenters. The quantitative estimate of drug-likeness (QED) is 0.768. The van der Waals surface area contributed by atoms with Crippen molar-refractivity contribution in [3.05, 3.63) is 29.8 Å². The van der Waals surface area contributed by atoms with Crippen molar-refractivity contribution in [3.8, 4) is 0 Å². The van der Waals surface area contributed by atoms with E-state index in [0.29, 0.717) is 12.8 Å². The Morgan fingerprint density at radius 1 is 1.27 bits per heavy atom. The van der Waals surface area contributed by atoms with Crippen LogP contribution < -0.4 is 10.0 Å². The smallest absolute Gasteiger partial charge is 0.240 e. The molecule has 1 aliphatic rings. The summed E-state index contributed by atoms with van der Waals surface area (Å²) in [5, 5.41) is 2.92. The number of benzene rings is 1. The number of nitrogens with one attached hydrogen (secondary N) is 2. The second-order valence-corrected chi connectivity index (χ2v) is 7.63. The van der Waals surface area contributed by atoms with Crippen LogP contribution >= 0.6 is 0 Å². The van der Waals surface area contributed by atoms with E-state index in [-0.39, 0.29) is 22.9 Å². The second kappa shape index (κ2) is 7.24. The van der Waals surface area contributed by atoms with Crippen molar-refractivity contribution in [2.75, 3.05) is 0 Å². The highest BCUT2D eigenvalue weighted by atomic mass is 32.2. The van der Waals surface area contributed by atoms with E-state index in [9.17, 15) is 13.2 Å². The molecule has 2 N–H and O–H groups in total. The molecule has 1 aromatic rings. The minimum atomic E-state index is -3.39. The van der Waals surface area contributed by atoms with Crippen molar-refractivity contribution in [2.24, 2.45) is 0 Å². The zero-order valence-electron chi connectivity index (χ0n) is 13.1. The first-order valence-electron chi connectivity index (χ1n) is 7.81. The van der Waals surface area contributed by atoms with Gasteiger partial charge in [0.25, 0.3) is 0 Å². The van der Waals surface area contributed by atoms with Crippen LogP contribution in [0.1, 0.15) is 45.1 Å². The molecule has 1 aromatic carbocycles. The Labute approximate surface area is 132 Å². The average molecular weight is 324 g/mol. The van der Waals surface area contributed by atoms with Gasteiger partial charge in [0.05, 0.1) is 4.90 Å². The van der Waals surface area contributed by atoms with E-state index in [2.05, 4.69) is 10.0 Å². The number of hydrogen-bond donors (Lipinski definition) is 2. The molecular formula is C16H24N2O3S. The molecule has 1 saturated carbocycles. The van der Waals surface area contributed by atoms with Gasteiger partial charge in [-0.25, -0.2) is 13.1 Å². The van der Waals surface area contributed by atoms with Crippen LogP contribution in [0.25, 0.3) is 0 Å². The van der Waals surface area contributed by atoms with Crippen LogP contribution in [0.2, 0.25) is 0 Å². The van der Waals surface area contributed by atoms with E-state index in [0.717, 1.165) is 24.8 Å². The number of carbonyl (C=O) groups excluding carboxylic acids is 1. The van der Waals surface area contributed by atoms with E-state index in [1.165, 1.54) is 0 Å². The molecule has 0 saturated heterocycles. The van der Waals surface area contributed by atoms with Gasteiger partial charge in [-0.3, -0.25) is 4.79 Å². The van der Waals surface area contributed by atoms with Gasteiger partial charge >= 0.3 is 0 Å². The summed E-state index contributed by atoms with van der Waals surface area (Å²) < 4.78 is 26.7. The van der Waals surface area contributed by atoms with Gasteiger partial charge in [0.1, 0.15) is 0 Å². The lowest BCUT2D eigenvalue weighted by atomic mass is 10.1. The third kappa shape index (κ3) is 5.10. The molecule has 1 amide bonds. The number of hydrogen-bond acceptors (Lipinski definition) is 3. The molecule has 2 rings (SSSR count). The molecule has 1 fully saturated rings. The maximum atomic E-state index is 12.0. The Balaban J connectivity index is 1.87. The SMILES string of the molecule is CC[C@H](C)NC(=O)CCc1ccc(S(=O)(=O)NC2CC2)cc1. The lowest BCUT2D eigenvalue weighted by molar-refractivity contribution is -0.121. The van der Waals surface area contributed by atoms with Crippen LogP contribution in [0.15, 0.2) is 29.2 Å². The maximum Gasteiger partial charge on any atom is 0.240 e. The fraction of sp³-hybridized carbons (Fsp3) is 0.562. The van der Waals surface area contributed by atoms with Gasteiger partial charge < -0.3 is 5.32 Å². The van der Waals surface area contributed by atoms with Crippen LogP contribution in [0, 0.1) is 0 Å². The second-order valence-electron chi connectivity index (χ2n) is 5.92. The molecule has 22 heavy (non-hydrogen) atoms. The fourth-order valence-electron chi connectivity index (χ4n) is 2.03. The van der Waals surface area contributed by atoms with Gasteiger partial charge in [-0.05, 0) is 50.3 Å². The minimum Gasteiger partial charge on any atom is -0.354 e. The molecule has 0 radical (unpaired) electrons. The summed E-state index contributed by atoms with van der Waals surface area (Å²) in [7, 11) is -3.39.